The van der Waals surface area contributed by atoms with Gasteiger partial charge in [-0.3, -0.25) is 8.90 Å². The van der Waals surface area contributed by atoms with Crippen LogP contribution in [0.5, 0.6) is 0 Å². The van der Waals surface area contributed by atoms with E-state index in [9.17, 15) is 4.57 Å². The van der Waals surface area contributed by atoms with Gasteiger partial charge in [-0.1, -0.05) is 78.9 Å². The monoisotopic (exact) mass is 367 g/mol. The summed E-state index contributed by atoms with van der Waals surface area (Å²) in [5.74, 6) is 0. The molecule has 0 radical (unpaired) electrons. The Hall–Kier alpha value is -3.09. The summed E-state index contributed by atoms with van der Waals surface area (Å²) in [5.41, 5.74) is 4.27. The zero-order valence-electron chi connectivity index (χ0n) is 14.7. The molecular formula is C24H18NOP. The molecule has 5 rings (SSSR count). The van der Waals surface area contributed by atoms with E-state index in [4.69, 9.17) is 0 Å². The van der Waals surface area contributed by atoms with Crippen molar-refractivity contribution in [1.29, 1.82) is 0 Å². The molecule has 0 aliphatic heterocycles. The van der Waals surface area contributed by atoms with Crippen molar-refractivity contribution in [1.82, 2.24) is 4.34 Å². The van der Waals surface area contributed by atoms with Crippen molar-refractivity contribution >= 4 is 35.1 Å². The quantitative estimate of drug-likeness (QED) is 0.353. The predicted molar refractivity (Wildman–Crippen MR) is 115 cm³/mol. The summed E-state index contributed by atoms with van der Waals surface area (Å²) in [6, 6.07) is 34.7. The molecule has 0 saturated carbocycles. The Kier molecular flexibility index (Phi) is 3.92. The van der Waals surface area contributed by atoms with Crippen LogP contribution in [0.2, 0.25) is 0 Å². The lowest BCUT2D eigenvalue weighted by molar-refractivity contribution is 0.590. The van der Waals surface area contributed by atoms with Crippen molar-refractivity contribution in [3.05, 3.63) is 103 Å². The molecule has 1 unspecified atom stereocenters. The fourth-order valence-electron chi connectivity index (χ4n) is 3.73. The van der Waals surface area contributed by atoms with Gasteiger partial charge >= 0.3 is 0 Å². The van der Waals surface area contributed by atoms with E-state index in [1.807, 2.05) is 58.9 Å². The number of benzene rings is 4. The van der Waals surface area contributed by atoms with E-state index in [0.717, 1.165) is 38.2 Å². The number of aromatic nitrogens is 1. The van der Waals surface area contributed by atoms with Crippen LogP contribution in [0.1, 0.15) is 0 Å². The lowest BCUT2D eigenvalue weighted by Crippen LogP contribution is -2.02. The predicted octanol–water partition coefficient (Wildman–Crippen LogP) is 6.11. The van der Waals surface area contributed by atoms with Gasteiger partial charge in [-0.25, -0.2) is 0 Å². The Labute approximate surface area is 158 Å². The third-order valence-corrected chi connectivity index (χ3v) is 6.69. The second-order valence-electron chi connectivity index (χ2n) is 6.62. The molecule has 0 fully saturated rings. The Morgan fingerprint density at radius 1 is 0.556 bits per heavy atom. The van der Waals surface area contributed by atoms with Crippen LogP contribution in [0.3, 0.4) is 0 Å². The van der Waals surface area contributed by atoms with Crippen molar-refractivity contribution in [3.63, 3.8) is 0 Å². The number of para-hydroxylation sites is 2. The highest BCUT2D eigenvalue weighted by Gasteiger charge is 2.15. The molecule has 130 valence electrons. The number of fused-ring (bicyclic) bond motifs is 3. The number of hydrogen-bond acceptors (Lipinski definition) is 1. The van der Waals surface area contributed by atoms with Gasteiger partial charge in [0.05, 0.1) is 11.0 Å². The number of hydrogen-bond donors (Lipinski definition) is 0. The van der Waals surface area contributed by atoms with Gasteiger partial charge in [-0.05, 0) is 35.4 Å². The molecule has 5 aromatic rings. The first kappa shape index (κ1) is 16.1. The zero-order valence-corrected chi connectivity index (χ0v) is 15.7. The van der Waals surface area contributed by atoms with Gasteiger partial charge in [0.1, 0.15) is 0 Å². The maximum atomic E-state index is 13.7. The summed E-state index contributed by atoms with van der Waals surface area (Å²) < 4.78 is 15.7. The average Bonchev–Trinajstić information content (AvgIpc) is 3.08. The second kappa shape index (κ2) is 6.57. The molecule has 1 heterocycles. The minimum absolute atomic E-state index is 0.868. The molecular weight excluding hydrogens is 349 g/mol. The third kappa shape index (κ3) is 2.70. The largest absolute Gasteiger partial charge is 0.298 e. The van der Waals surface area contributed by atoms with E-state index in [2.05, 4.69) is 48.5 Å². The second-order valence-corrected chi connectivity index (χ2v) is 8.26. The summed E-state index contributed by atoms with van der Waals surface area (Å²) in [6.07, 6.45) is 0. The van der Waals surface area contributed by atoms with Crippen molar-refractivity contribution in [3.8, 4) is 11.1 Å². The first-order valence-electron chi connectivity index (χ1n) is 9.01. The molecule has 3 heteroatoms. The molecule has 0 aliphatic carbocycles. The lowest BCUT2D eigenvalue weighted by atomic mass is 10.1. The van der Waals surface area contributed by atoms with Crippen LogP contribution in [0.25, 0.3) is 32.9 Å². The van der Waals surface area contributed by atoms with Gasteiger partial charge in [-0.15, -0.1) is 0 Å². The van der Waals surface area contributed by atoms with Crippen molar-refractivity contribution in [2.45, 2.75) is 0 Å². The van der Waals surface area contributed by atoms with Crippen molar-refractivity contribution in [2.75, 3.05) is 0 Å². The van der Waals surface area contributed by atoms with Gasteiger partial charge in [0.2, 0.25) is 0 Å². The normalized spacial score (nSPS) is 12.4. The van der Waals surface area contributed by atoms with Crippen LogP contribution >= 0.6 is 7.95 Å². The van der Waals surface area contributed by atoms with Crippen LogP contribution in [-0.4, -0.2) is 4.34 Å². The van der Waals surface area contributed by atoms with Crippen LogP contribution < -0.4 is 5.30 Å². The highest BCUT2D eigenvalue weighted by molar-refractivity contribution is 7.52. The molecule has 0 N–H and O–H groups in total. The average molecular weight is 367 g/mol. The molecule has 0 amide bonds. The number of rotatable bonds is 3. The Balaban J connectivity index is 1.71. The van der Waals surface area contributed by atoms with E-state index in [1.54, 1.807) is 0 Å². The van der Waals surface area contributed by atoms with E-state index < -0.39 is 7.95 Å². The summed E-state index contributed by atoms with van der Waals surface area (Å²) in [7, 11) is -2.21. The SMILES string of the molecule is O=[PH](c1cccc(-c2ccccc2)c1)n1c2ccccc2c2ccccc21. The van der Waals surface area contributed by atoms with E-state index in [1.165, 1.54) is 0 Å². The van der Waals surface area contributed by atoms with Crippen molar-refractivity contribution in [2.24, 2.45) is 0 Å². The van der Waals surface area contributed by atoms with E-state index in [0.29, 0.717) is 0 Å². The smallest absolute Gasteiger partial charge is 0.193 e. The summed E-state index contributed by atoms with van der Waals surface area (Å²) in [6.45, 7) is 0. The molecule has 27 heavy (non-hydrogen) atoms. The third-order valence-electron chi connectivity index (χ3n) is 5.00. The standard InChI is InChI=1S/C24H18NOP/c26-27(20-12-8-11-19(17-20)18-9-2-1-3-10-18)25-23-15-6-4-13-21(23)22-14-5-7-16-24(22)25/h1-17,27H. The highest BCUT2D eigenvalue weighted by atomic mass is 31.1. The van der Waals surface area contributed by atoms with Crippen LogP contribution in [0, 0.1) is 0 Å². The summed E-state index contributed by atoms with van der Waals surface area (Å²) in [4.78, 5) is 0. The number of nitrogens with zero attached hydrogens (tertiary/aromatic N) is 1. The van der Waals surface area contributed by atoms with Gasteiger partial charge in [0.25, 0.3) is 0 Å². The first-order valence-corrected chi connectivity index (χ1v) is 10.4. The maximum absolute atomic E-state index is 13.7. The minimum atomic E-state index is -2.21. The van der Waals surface area contributed by atoms with Gasteiger partial charge < -0.3 is 0 Å². The Morgan fingerprint density at radius 2 is 1.11 bits per heavy atom. The van der Waals surface area contributed by atoms with E-state index >= 15 is 0 Å². The van der Waals surface area contributed by atoms with Crippen LogP contribution in [0.15, 0.2) is 103 Å². The van der Waals surface area contributed by atoms with E-state index in [-0.39, 0.29) is 0 Å². The molecule has 0 saturated heterocycles. The molecule has 0 bridgehead atoms. The topological polar surface area (TPSA) is 22.0 Å². The van der Waals surface area contributed by atoms with Crippen molar-refractivity contribution < 1.29 is 4.57 Å². The molecule has 1 aromatic heterocycles. The Morgan fingerprint density at radius 3 is 1.78 bits per heavy atom. The highest BCUT2D eigenvalue weighted by Crippen LogP contribution is 2.38. The zero-order chi connectivity index (χ0) is 18.2. The Bertz CT molecular complexity index is 1230. The first-order chi connectivity index (χ1) is 13.3. The fourth-order valence-corrected chi connectivity index (χ4v) is 5.34. The lowest BCUT2D eigenvalue weighted by Gasteiger charge is -2.10. The van der Waals surface area contributed by atoms with Crippen LogP contribution in [-0.2, 0) is 4.57 Å². The molecule has 4 aromatic carbocycles. The van der Waals surface area contributed by atoms with Gasteiger partial charge in [0, 0.05) is 16.1 Å². The van der Waals surface area contributed by atoms with Crippen LogP contribution in [0.4, 0.5) is 0 Å². The molecule has 0 aliphatic rings. The molecule has 1 atom stereocenters. The molecule has 2 nitrogen and oxygen atoms in total. The summed E-state index contributed by atoms with van der Waals surface area (Å²) in [5, 5.41) is 3.16. The molecule has 0 spiro atoms. The summed E-state index contributed by atoms with van der Waals surface area (Å²) >= 11 is 0. The van der Waals surface area contributed by atoms with Gasteiger partial charge in [0.15, 0.2) is 7.95 Å². The van der Waals surface area contributed by atoms with Gasteiger partial charge in [-0.2, -0.15) is 0 Å². The maximum Gasteiger partial charge on any atom is 0.193 e. The fraction of sp³-hybridized carbons (Fsp3) is 0. The minimum Gasteiger partial charge on any atom is -0.298 e.